The first kappa shape index (κ1) is 13.1. The zero-order chi connectivity index (χ0) is 11.7. The lowest BCUT2D eigenvalue weighted by molar-refractivity contribution is 1.28. The summed E-state index contributed by atoms with van der Waals surface area (Å²) >= 11 is 14.5. The molecular formula is C12H8Br4. The molecule has 2 rings (SSSR count). The maximum atomic E-state index is 3.70. The largest absolute Gasteiger partial charge is 0.0876 e. The van der Waals surface area contributed by atoms with Crippen LogP contribution in [0, 0.1) is 0 Å². The molecular weight excluding hydrogens is 464 g/mol. The van der Waals surface area contributed by atoms with Crippen molar-refractivity contribution in [2.75, 3.05) is 0 Å². The molecule has 2 aromatic rings. The molecule has 0 bridgehead atoms. The molecule has 0 spiro atoms. The van der Waals surface area contributed by atoms with Crippen LogP contribution in [0.1, 0.15) is 11.1 Å². The summed E-state index contributed by atoms with van der Waals surface area (Å²) in [5.41, 5.74) is 2.59. The quantitative estimate of drug-likeness (QED) is 0.461. The SMILES string of the molecule is BrCc1c(CBr)c(Br)c2ccccc2c1Br. The van der Waals surface area contributed by atoms with Crippen LogP contribution in [-0.4, -0.2) is 0 Å². The number of hydrogen-bond donors (Lipinski definition) is 0. The van der Waals surface area contributed by atoms with Gasteiger partial charge in [-0.25, -0.2) is 0 Å². The molecule has 84 valence electrons. The van der Waals surface area contributed by atoms with Crippen molar-refractivity contribution in [1.82, 2.24) is 0 Å². The maximum Gasteiger partial charge on any atom is 0.0298 e. The van der Waals surface area contributed by atoms with Crippen LogP contribution in [0.5, 0.6) is 0 Å². The van der Waals surface area contributed by atoms with Gasteiger partial charge < -0.3 is 0 Å². The third-order valence-corrected chi connectivity index (χ3v) is 5.49. The molecule has 0 radical (unpaired) electrons. The van der Waals surface area contributed by atoms with Crippen molar-refractivity contribution in [2.45, 2.75) is 10.7 Å². The van der Waals surface area contributed by atoms with Gasteiger partial charge in [0.1, 0.15) is 0 Å². The molecule has 0 unspecified atom stereocenters. The third kappa shape index (κ3) is 2.14. The molecule has 0 aliphatic carbocycles. The molecule has 0 saturated carbocycles. The fourth-order valence-electron chi connectivity index (χ4n) is 1.73. The van der Waals surface area contributed by atoms with Gasteiger partial charge in [0, 0.05) is 19.6 Å². The van der Waals surface area contributed by atoms with E-state index >= 15 is 0 Å². The molecule has 0 nitrogen and oxygen atoms in total. The van der Waals surface area contributed by atoms with Crippen molar-refractivity contribution in [3.63, 3.8) is 0 Å². The predicted molar refractivity (Wildman–Crippen MR) is 84.6 cm³/mol. The summed E-state index contributed by atoms with van der Waals surface area (Å²) in [6, 6.07) is 8.39. The Morgan fingerprint density at radius 3 is 1.44 bits per heavy atom. The first-order valence-corrected chi connectivity index (χ1v) is 8.53. The van der Waals surface area contributed by atoms with Crippen LogP contribution >= 0.6 is 63.7 Å². The molecule has 2 aromatic carbocycles. The fourth-order valence-corrected chi connectivity index (χ4v) is 5.18. The van der Waals surface area contributed by atoms with E-state index in [1.54, 1.807) is 0 Å². The Kier molecular flexibility index (Phi) is 4.50. The Morgan fingerprint density at radius 2 is 1.12 bits per heavy atom. The van der Waals surface area contributed by atoms with E-state index in [4.69, 9.17) is 0 Å². The van der Waals surface area contributed by atoms with E-state index in [2.05, 4.69) is 88.0 Å². The lowest BCUT2D eigenvalue weighted by Gasteiger charge is -2.14. The van der Waals surface area contributed by atoms with Crippen molar-refractivity contribution >= 4 is 74.5 Å². The molecule has 0 heterocycles. The third-order valence-electron chi connectivity index (χ3n) is 2.56. The van der Waals surface area contributed by atoms with E-state index in [1.807, 2.05) is 0 Å². The Labute approximate surface area is 128 Å². The summed E-state index contributed by atoms with van der Waals surface area (Å²) in [7, 11) is 0. The van der Waals surface area contributed by atoms with Crippen LogP contribution in [0.15, 0.2) is 33.2 Å². The average molecular weight is 472 g/mol. The highest BCUT2D eigenvalue weighted by molar-refractivity contribution is 9.11. The summed E-state index contributed by atoms with van der Waals surface area (Å²) in [6.45, 7) is 0. The minimum atomic E-state index is 0.845. The van der Waals surface area contributed by atoms with E-state index in [1.165, 1.54) is 30.8 Å². The Balaban J connectivity index is 2.93. The van der Waals surface area contributed by atoms with Crippen LogP contribution in [0.2, 0.25) is 0 Å². The minimum Gasteiger partial charge on any atom is -0.0876 e. The van der Waals surface area contributed by atoms with Gasteiger partial charge in [-0.2, -0.15) is 0 Å². The fraction of sp³-hybridized carbons (Fsp3) is 0.167. The second kappa shape index (κ2) is 5.51. The number of rotatable bonds is 2. The van der Waals surface area contributed by atoms with E-state index < -0.39 is 0 Å². The van der Waals surface area contributed by atoms with E-state index in [9.17, 15) is 0 Å². The molecule has 0 fully saturated rings. The molecule has 0 aliphatic rings. The predicted octanol–water partition coefficient (Wildman–Crippen LogP) is 6.15. The lowest BCUT2D eigenvalue weighted by Crippen LogP contribution is -1.94. The van der Waals surface area contributed by atoms with Gasteiger partial charge in [0.05, 0.1) is 0 Å². The highest BCUT2D eigenvalue weighted by atomic mass is 79.9. The van der Waals surface area contributed by atoms with Crippen LogP contribution in [0.25, 0.3) is 10.8 Å². The standard InChI is InChI=1S/C12H8Br4/c13-5-9-10(6-14)12(16)8-4-2-1-3-7(8)11(9)15/h1-4H,5-6H2. The molecule has 0 aromatic heterocycles. The van der Waals surface area contributed by atoms with Crippen LogP contribution in [0.4, 0.5) is 0 Å². The summed E-state index contributed by atoms with van der Waals surface area (Å²) in [5, 5.41) is 4.18. The van der Waals surface area contributed by atoms with Crippen molar-refractivity contribution in [3.05, 3.63) is 44.3 Å². The summed E-state index contributed by atoms with van der Waals surface area (Å²) in [6.07, 6.45) is 0. The molecule has 0 atom stereocenters. The van der Waals surface area contributed by atoms with Gasteiger partial charge in [-0.05, 0) is 53.8 Å². The minimum absolute atomic E-state index is 0.845. The number of fused-ring (bicyclic) bond motifs is 1. The summed E-state index contributed by atoms with van der Waals surface area (Å²) in [5.74, 6) is 0. The Bertz CT molecular complexity index is 486. The smallest absolute Gasteiger partial charge is 0.0298 e. The number of hydrogen-bond acceptors (Lipinski definition) is 0. The van der Waals surface area contributed by atoms with Gasteiger partial charge in [-0.1, -0.05) is 56.1 Å². The van der Waals surface area contributed by atoms with Gasteiger partial charge in [0.2, 0.25) is 0 Å². The first-order chi connectivity index (χ1) is 7.70. The van der Waals surface area contributed by atoms with Crippen molar-refractivity contribution in [1.29, 1.82) is 0 Å². The first-order valence-electron chi connectivity index (χ1n) is 4.70. The molecule has 0 N–H and O–H groups in total. The maximum absolute atomic E-state index is 3.70. The summed E-state index contributed by atoms with van der Waals surface area (Å²) < 4.78 is 2.36. The molecule has 16 heavy (non-hydrogen) atoms. The topological polar surface area (TPSA) is 0 Å². The van der Waals surface area contributed by atoms with Gasteiger partial charge >= 0.3 is 0 Å². The van der Waals surface area contributed by atoms with E-state index in [0.29, 0.717) is 0 Å². The van der Waals surface area contributed by atoms with Crippen LogP contribution in [0.3, 0.4) is 0 Å². The number of halogens is 4. The van der Waals surface area contributed by atoms with Gasteiger partial charge in [-0.15, -0.1) is 0 Å². The molecule has 0 amide bonds. The van der Waals surface area contributed by atoms with Crippen LogP contribution < -0.4 is 0 Å². The Hall–Kier alpha value is 0.620. The highest BCUT2D eigenvalue weighted by Crippen LogP contribution is 2.39. The van der Waals surface area contributed by atoms with Gasteiger partial charge in [0.15, 0.2) is 0 Å². The molecule has 4 heteroatoms. The van der Waals surface area contributed by atoms with E-state index in [0.717, 1.165) is 10.7 Å². The van der Waals surface area contributed by atoms with Crippen molar-refractivity contribution < 1.29 is 0 Å². The van der Waals surface area contributed by atoms with Gasteiger partial charge in [-0.3, -0.25) is 0 Å². The second-order valence-electron chi connectivity index (χ2n) is 3.40. The molecule has 0 aliphatic heterocycles. The summed E-state index contributed by atoms with van der Waals surface area (Å²) in [4.78, 5) is 0. The number of alkyl halides is 2. The normalized spacial score (nSPS) is 11.0. The zero-order valence-electron chi connectivity index (χ0n) is 8.24. The molecule has 0 saturated heterocycles. The Morgan fingerprint density at radius 1 is 0.750 bits per heavy atom. The van der Waals surface area contributed by atoms with Crippen molar-refractivity contribution in [2.24, 2.45) is 0 Å². The van der Waals surface area contributed by atoms with Crippen LogP contribution in [-0.2, 0) is 10.7 Å². The zero-order valence-corrected chi connectivity index (χ0v) is 14.6. The average Bonchev–Trinajstić information content (AvgIpc) is 2.33. The van der Waals surface area contributed by atoms with Crippen molar-refractivity contribution in [3.8, 4) is 0 Å². The van der Waals surface area contributed by atoms with Gasteiger partial charge in [0.25, 0.3) is 0 Å². The second-order valence-corrected chi connectivity index (χ2v) is 6.11. The van der Waals surface area contributed by atoms with E-state index in [-0.39, 0.29) is 0 Å². The number of benzene rings is 2. The highest BCUT2D eigenvalue weighted by Gasteiger charge is 2.14. The monoisotopic (exact) mass is 468 g/mol. The lowest BCUT2D eigenvalue weighted by atomic mass is 10.0.